The maximum absolute atomic E-state index is 5.16. The number of piperazine rings is 1. The molecule has 0 bridgehead atoms. The lowest BCUT2D eigenvalue weighted by Gasteiger charge is -2.33. The molecule has 0 aliphatic carbocycles. The monoisotopic (exact) mass is 220 g/mol. The minimum absolute atomic E-state index is 0.569. The summed E-state index contributed by atoms with van der Waals surface area (Å²) in [7, 11) is 1.74. The highest BCUT2D eigenvalue weighted by Gasteiger charge is 2.15. The Hall–Kier alpha value is -1.06. The SMILES string of the molecule is COCc1cccc(N2CCNC(C)C2)c1. The Bertz CT molecular complexity index is 340. The first-order valence-corrected chi connectivity index (χ1v) is 5.86. The predicted molar refractivity (Wildman–Crippen MR) is 66.8 cm³/mol. The molecule has 1 aromatic rings. The number of methoxy groups -OCH3 is 1. The van der Waals surface area contributed by atoms with Gasteiger partial charge in [-0.1, -0.05) is 12.1 Å². The van der Waals surface area contributed by atoms with Gasteiger partial charge in [0, 0.05) is 38.5 Å². The first-order chi connectivity index (χ1) is 7.79. The van der Waals surface area contributed by atoms with Crippen molar-refractivity contribution >= 4 is 5.69 Å². The molecule has 1 aliphatic heterocycles. The van der Waals surface area contributed by atoms with Gasteiger partial charge >= 0.3 is 0 Å². The molecule has 0 spiro atoms. The number of ether oxygens (including phenoxy) is 1. The van der Waals surface area contributed by atoms with E-state index in [0.29, 0.717) is 12.6 Å². The molecule has 3 heteroatoms. The number of nitrogens with zero attached hydrogens (tertiary/aromatic N) is 1. The highest BCUT2D eigenvalue weighted by Crippen LogP contribution is 2.18. The Labute approximate surface area is 97.4 Å². The fourth-order valence-electron chi connectivity index (χ4n) is 2.18. The van der Waals surface area contributed by atoms with E-state index in [1.807, 2.05) is 0 Å². The molecule has 1 heterocycles. The third-order valence-electron chi connectivity index (χ3n) is 2.96. The summed E-state index contributed by atoms with van der Waals surface area (Å²) in [6, 6.07) is 9.19. The molecule has 1 N–H and O–H groups in total. The average molecular weight is 220 g/mol. The molecule has 2 rings (SSSR count). The van der Waals surface area contributed by atoms with Gasteiger partial charge in [0.15, 0.2) is 0 Å². The summed E-state index contributed by atoms with van der Waals surface area (Å²) < 4.78 is 5.16. The first kappa shape index (κ1) is 11.4. The van der Waals surface area contributed by atoms with Crippen LogP contribution >= 0.6 is 0 Å². The van der Waals surface area contributed by atoms with Crippen LogP contribution in [0.2, 0.25) is 0 Å². The molecule has 0 radical (unpaired) electrons. The van der Waals surface area contributed by atoms with Gasteiger partial charge in [-0.05, 0) is 24.6 Å². The number of hydrogen-bond acceptors (Lipinski definition) is 3. The standard InChI is InChI=1S/C13H20N2O/c1-11-9-15(7-6-14-11)13-5-3-4-12(8-13)10-16-2/h3-5,8,11,14H,6-7,9-10H2,1-2H3. The summed E-state index contributed by atoms with van der Waals surface area (Å²) in [5.41, 5.74) is 2.55. The maximum Gasteiger partial charge on any atom is 0.0713 e. The number of hydrogen-bond donors (Lipinski definition) is 1. The second-order valence-corrected chi connectivity index (χ2v) is 4.40. The van der Waals surface area contributed by atoms with E-state index in [4.69, 9.17) is 4.74 Å². The summed E-state index contributed by atoms with van der Waals surface area (Å²) in [6.07, 6.45) is 0. The van der Waals surface area contributed by atoms with Gasteiger partial charge in [-0.25, -0.2) is 0 Å². The minimum atomic E-state index is 0.569. The average Bonchev–Trinajstić information content (AvgIpc) is 2.30. The Morgan fingerprint density at radius 2 is 2.38 bits per heavy atom. The van der Waals surface area contributed by atoms with E-state index in [2.05, 4.69) is 41.4 Å². The highest BCUT2D eigenvalue weighted by molar-refractivity contribution is 5.49. The van der Waals surface area contributed by atoms with Crippen LogP contribution in [-0.4, -0.2) is 32.8 Å². The van der Waals surface area contributed by atoms with Crippen LogP contribution in [0.1, 0.15) is 12.5 Å². The minimum Gasteiger partial charge on any atom is -0.380 e. The molecule has 16 heavy (non-hydrogen) atoms. The van der Waals surface area contributed by atoms with Gasteiger partial charge in [0.25, 0.3) is 0 Å². The third-order valence-corrected chi connectivity index (χ3v) is 2.96. The normalized spacial score (nSPS) is 21.1. The van der Waals surface area contributed by atoms with E-state index in [1.54, 1.807) is 7.11 Å². The Kier molecular flexibility index (Phi) is 3.80. The molecule has 3 nitrogen and oxygen atoms in total. The second-order valence-electron chi connectivity index (χ2n) is 4.40. The molecular weight excluding hydrogens is 200 g/mol. The summed E-state index contributed by atoms with van der Waals surface area (Å²) in [5, 5.41) is 3.46. The van der Waals surface area contributed by atoms with Gasteiger partial charge in [0.1, 0.15) is 0 Å². The van der Waals surface area contributed by atoms with Gasteiger partial charge < -0.3 is 15.0 Å². The van der Waals surface area contributed by atoms with Crippen molar-refractivity contribution in [2.45, 2.75) is 19.6 Å². The predicted octanol–water partition coefficient (Wildman–Crippen LogP) is 1.63. The van der Waals surface area contributed by atoms with E-state index < -0.39 is 0 Å². The lowest BCUT2D eigenvalue weighted by atomic mass is 10.1. The fourth-order valence-corrected chi connectivity index (χ4v) is 2.18. The third kappa shape index (κ3) is 2.74. The molecule has 0 amide bonds. The molecule has 88 valence electrons. The van der Waals surface area contributed by atoms with Crippen molar-refractivity contribution in [3.8, 4) is 0 Å². The van der Waals surface area contributed by atoms with Crippen LogP contribution in [0.3, 0.4) is 0 Å². The molecular formula is C13H20N2O. The van der Waals surface area contributed by atoms with E-state index in [-0.39, 0.29) is 0 Å². The smallest absolute Gasteiger partial charge is 0.0713 e. The highest BCUT2D eigenvalue weighted by atomic mass is 16.5. The molecule has 1 atom stereocenters. The van der Waals surface area contributed by atoms with Gasteiger partial charge in [0.05, 0.1) is 6.61 Å². The van der Waals surface area contributed by atoms with Crippen molar-refractivity contribution in [2.75, 3.05) is 31.6 Å². The van der Waals surface area contributed by atoms with E-state index in [1.165, 1.54) is 11.3 Å². The zero-order valence-electron chi connectivity index (χ0n) is 10.1. The van der Waals surface area contributed by atoms with Gasteiger partial charge in [-0.3, -0.25) is 0 Å². The van der Waals surface area contributed by atoms with Crippen LogP contribution in [0.5, 0.6) is 0 Å². The maximum atomic E-state index is 5.16. The molecule has 1 unspecified atom stereocenters. The Balaban J connectivity index is 2.09. The first-order valence-electron chi connectivity index (χ1n) is 5.86. The van der Waals surface area contributed by atoms with E-state index in [9.17, 15) is 0 Å². The van der Waals surface area contributed by atoms with Crippen molar-refractivity contribution in [1.82, 2.24) is 5.32 Å². The van der Waals surface area contributed by atoms with Crippen molar-refractivity contribution in [2.24, 2.45) is 0 Å². The van der Waals surface area contributed by atoms with Crippen LogP contribution in [0, 0.1) is 0 Å². The lowest BCUT2D eigenvalue weighted by Crippen LogP contribution is -2.49. The van der Waals surface area contributed by atoms with Crippen LogP contribution < -0.4 is 10.2 Å². The van der Waals surface area contributed by atoms with Crippen LogP contribution in [0.4, 0.5) is 5.69 Å². The van der Waals surface area contributed by atoms with Crippen molar-refractivity contribution in [1.29, 1.82) is 0 Å². The Morgan fingerprint density at radius 1 is 1.50 bits per heavy atom. The summed E-state index contributed by atoms with van der Waals surface area (Å²) in [6.45, 7) is 6.15. The quantitative estimate of drug-likeness (QED) is 0.838. The molecule has 1 saturated heterocycles. The van der Waals surface area contributed by atoms with Crippen molar-refractivity contribution in [3.05, 3.63) is 29.8 Å². The zero-order valence-corrected chi connectivity index (χ0v) is 10.1. The van der Waals surface area contributed by atoms with Crippen LogP contribution in [0.25, 0.3) is 0 Å². The fraction of sp³-hybridized carbons (Fsp3) is 0.538. The number of nitrogens with one attached hydrogen (secondary N) is 1. The second kappa shape index (κ2) is 5.32. The largest absolute Gasteiger partial charge is 0.380 e. The molecule has 1 aromatic carbocycles. The molecule has 1 fully saturated rings. The number of rotatable bonds is 3. The van der Waals surface area contributed by atoms with Crippen molar-refractivity contribution in [3.63, 3.8) is 0 Å². The summed E-state index contributed by atoms with van der Waals surface area (Å²) in [4.78, 5) is 2.43. The van der Waals surface area contributed by atoms with Gasteiger partial charge in [0.2, 0.25) is 0 Å². The van der Waals surface area contributed by atoms with Crippen LogP contribution in [0.15, 0.2) is 24.3 Å². The van der Waals surface area contributed by atoms with Gasteiger partial charge in [-0.2, -0.15) is 0 Å². The van der Waals surface area contributed by atoms with Crippen molar-refractivity contribution < 1.29 is 4.74 Å². The number of benzene rings is 1. The number of anilines is 1. The zero-order chi connectivity index (χ0) is 11.4. The molecule has 0 aromatic heterocycles. The Morgan fingerprint density at radius 3 is 3.12 bits per heavy atom. The van der Waals surface area contributed by atoms with E-state index >= 15 is 0 Å². The van der Waals surface area contributed by atoms with Gasteiger partial charge in [-0.15, -0.1) is 0 Å². The summed E-state index contributed by atoms with van der Waals surface area (Å²) in [5.74, 6) is 0. The molecule has 0 saturated carbocycles. The van der Waals surface area contributed by atoms with E-state index in [0.717, 1.165) is 19.6 Å². The summed E-state index contributed by atoms with van der Waals surface area (Å²) >= 11 is 0. The topological polar surface area (TPSA) is 24.5 Å². The lowest BCUT2D eigenvalue weighted by molar-refractivity contribution is 0.185. The molecule has 1 aliphatic rings. The van der Waals surface area contributed by atoms with Crippen LogP contribution in [-0.2, 0) is 11.3 Å².